The van der Waals surface area contributed by atoms with Crippen LogP contribution in [-0.2, 0) is 22.2 Å². The minimum absolute atomic E-state index is 0.00456. The molecule has 0 aliphatic carbocycles. The monoisotopic (exact) mass is 537 g/mol. The van der Waals surface area contributed by atoms with Crippen LogP contribution in [0.1, 0.15) is 34.3 Å². The predicted octanol–water partition coefficient (Wildman–Crippen LogP) is 4.75. The van der Waals surface area contributed by atoms with Gasteiger partial charge < -0.3 is 14.4 Å². The minimum atomic E-state index is -4.56. The highest BCUT2D eigenvalue weighted by atomic mass is 19.4. The van der Waals surface area contributed by atoms with E-state index >= 15 is 4.39 Å². The van der Waals surface area contributed by atoms with Gasteiger partial charge >= 0.3 is 18.2 Å². The highest BCUT2D eigenvalue weighted by molar-refractivity contribution is 5.92. The summed E-state index contributed by atoms with van der Waals surface area (Å²) >= 11 is 0. The molecule has 0 N–H and O–H groups in total. The summed E-state index contributed by atoms with van der Waals surface area (Å²) in [6, 6.07) is 10.5. The number of carbonyl (C=O) groups is 2. The van der Waals surface area contributed by atoms with E-state index < -0.39 is 29.4 Å². The molecular formula is C27H31F4N3O4. The zero-order valence-corrected chi connectivity index (χ0v) is 21.2. The van der Waals surface area contributed by atoms with Crippen LogP contribution in [0.2, 0.25) is 0 Å². The first kappa shape index (κ1) is 27.8. The standard InChI is InChI=1S/C27H31F4N3O4/c1-37-24(35)21-7-5-20(6-8-21)18-34(23-4-2-3-22(17-23)27(29,30)31)25(36)33-13-11-32(12-14-33)19-26(28)9-15-38-16-10-26/h2-8,17H,9-16,18-19H2,1H3. The maximum Gasteiger partial charge on any atom is 0.416 e. The zero-order valence-electron chi connectivity index (χ0n) is 21.2. The average Bonchev–Trinajstić information content (AvgIpc) is 2.91. The van der Waals surface area contributed by atoms with Crippen molar-refractivity contribution in [1.82, 2.24) is 9.80 Å². The Morgan fingerprint density at radius 2 is 1.68 bits per heavy atom. The first-order valence-electron chi connectivity index (χ1n) is 12.5. The van der Waals surface area contributed by atoms with Crippen LogP contribution in [-0.4, -0.2) is 80.5 Å². The molecule has 206 valence electrons. The molecule has 7 nitrogen and oxygen atoms in total. The molecule has 0 saturated carbocycles. The highest BCUT2D eigenvalue weighted by Gasteiger charge is 2.36. The van der Waals surface area contributed by atoms with E-state index in [0.29, 0.717) is 63.4 Å². The third kappa shape index (κ3) is 6.82. The van der Waals surface area contributed by atoms with Gasteiger partial charge in [0.2, 0.25) is 0 Å². The van der Waals surface area contributed by atoms with Gasteiger partial charge in [0.1, 0.15) is 5.67 Å². The van der Waals surface area contributed by atoms with E-state index in [1.165, 1.54) is 36.3 Å². The summed E-state index contributed by atoms with van der Waals surface area (Å²) in [5, 5.41) is 0. The lowest BCUT2D eigenvalue weighted by molar-refractivity contribution is -0.137. The Morgan fingerprint density at radius 3 is 2.29 bits per heavy atom. The summed E-state index contributed by atoms with van der Waals surface area (Å²) in [7, 11) is 1.26. The number of nitrogens with zero attached hydrogens (tertiary/aromatic N) is 3. The van der Waals surface area contributed by atoms with Crippen molar-refractivity contribution in [3.05, 3.63) is 65.2 Å². The van der Waals surface area contributed by atoms with E-state index in [1.807, 2.05) is 4.90 Å². The number of ether oxygens (including phenoxy) is 2. The number of benzene rings is 2. The average molecular weight is 538 g/mol. The van der Waals surface area contributed by atoms with Crippen molar-refractivity contribution in [2.45, 2.75) is 31.2 Å². The van der Waals surface area contributed by atoms with E-state index in [-0.39, 0.29) is 18.8 Å². The van der Waals surface area contributed by atoms with Crippen molar-refractivity contribution in [3.63, 3.8) is 0 Å². The van der Waals surface area contributed by atoms with Gasteiger partial charge in [0.25, 0.3) is 0 Å². The predicted molar refractivity (Wildman–Crippen MR) is 133 cm³/mol. The van der Waals surface area contributed by atoms with Crippen molar-refractivity contribution >= 4 is 17.7 Å². The fraction of sp³-hybridized carbons (Fsp3) is 0.481. The summed E-state index contributed by atoms with van der Waals surface area (Å²) in [6.07, 6.45) is -3.89. The second-order valence-corrected chi connectivity index (χ2v) is 9.63. The smallest absolute Gasteiger partial charge is 0.416 e. The van der Waals surface area contributed by atoms with E-state index in [9.17, 15) is 22.8 Å². The SMILES string of the molecule is COC(=O)c1ccc(CN(C(=O)N2CCN(CC3(F)CCOCC3)CC2)c2cccc(C(F)(F)F)c2)cc1. The van der Waals surface area contributed by atoms with E-state index in [4.69, 9.17) is 9.47 Å². The molecule has 0 unspecified atom stereocenters. The first-order valence-corrected chi connectivity index (χ1v) is 12.5. The van der Waals surface area contributed by atoms with E-state index in [1.54, 1.807) is 17.0 Å². The number of esters is 1. The van der Waals surface area contributed by atoms with Gasteiger partial charge in [-0.15, -0.1) is 0 Å². The lowest BCUT2D eigenvalue weighted by Gasteiger charge is -2.41. The first-order chi connectivity index (χ1) is 18.1. The third-order valence-electron chi connectivity index (χ3n) is 6.97. The number of anilines is 1. The highest BCUT2D eigenvalue weighted by Crippen LogP contribution is 2.33. The number of hydrogen-bond donors (Lipinski definition) is 0. The molecule has 38 heavy (non-hydrogen) atoms. The summed E-state index contributed by atoms with van der Waals surface area (Å²) in [4.78, 5) is 30.2. The number of rotatable bonds is 6. The molecule has 2 aliphatic heterocycles. The Kier molecular flexibility index (Phi) is 8.57. The van der Waals surface area contributed by atoms with E-state index in [0.717, 1.165) is 12.1 Å². The van der Waals surface area contributed by atoms with Gasteiger partial charge in [0.15, 0.2) is 0 Å². The molecule has 2 heterocycles. The van der Waals surface area contributed by atoms with Crippen LogP contribution < -0.4 is 4.90 Å². The molecule has 0 radical (unpaired) electrons. The Hall–Kier alpha value is -3.18. The molecule has 2 amide bonds. The number of carbonyl (C=O) groups excluding carboxylic acids is 2. The Balaban J connectivity index is 1.51. The molecule has 2 aromatic carbocycles. The molecular weight excluding hydrogens is 506 g/mol. The molecule has 2 saturated heterocycles. The van der Waals surface area contributed by atoms with Crippen molar-refractivity contribution in [1.29, 1.82) is 0 Å². The fourth-order valence-corrected chi connectivity index (χ4v) is 4.73. The van der Waals surface area contributed by atoms with Crippen molar-refractivity contribution in [3.8, 4) is 0 Å². The maximum absolute atomic E-state index is 15.1. The molecule has 2 fully saturated rings. The molecule has 0 bridgehead atoms. The van der Waals surface area contributed by atoms with Crippen LogP contribution in [0, 0.1) is 0 Å². The molecule has 0 atom stereocenters. The number of halogens is 4. The number of piperazine rings is 1. The number of amides is 2. The summed E-state index contributed by atoms with van der Waals surface area (Å²) < 4.78 is 65.4. The van der Waals surface area contributed by atoms with Crippen LogP contribution in [0.5, 0.6) is 0 Å². The van der Waals surface area contributed by atoms with Crippen LogP contribution in [0.25, 0.3) is 0 Å². The lowest BCUT2D eigenvalue weighted by Crippen LogP contribution is -2.55. The largest absolute Gasteiger partial charge is 0.465 e. The van der Waals surface area contributed by atoms with Crippen LogP contribution >= 0.6 is 0 Å². The summed E-state index contributed by atoms with van der Waals surface area (Å²) in [6.45, 7) is 2.61. The van der Waals surface area contributed by atoms with E-state index in [2.05, 4.69) is 0 Å². The fourth-order valence-electron chi connectivity index (χ4n) is 4.73. The van der Waals surface area contributed by atoms with Gasteiger partial charge in [-0.05, 0) is 35.9 Å². The second-order valence-electron chi connectivity index (χ2n) is 9.63. The molecule has 0 aromatic heterocycles. The van der Waals surface area contributed by atoms with Gasteiger partial charge in [-0.2, -0.15) is 13.2 Å². The van der Waals surface area contributed by atoms with Gasteiger partial charge in [0.05, 0.1) is 24.8 Å². The molecule has 0 spiro atoms. The second kappa shape index (κ2) is 11.7. The topological polar surface area (TPSA) is 62.3 Å². The molecule has 4 rings (SSSR count). The minimum Gasteiger partial charge on any atom is -0.465 e. The van der Waals surface area contributed by atoms with Crippen LogP contribution in [0.3, 0.4) is 0 Å². The van der Waals surface area contributed by atoms with Gasteiger partial charge in [-0.3, -0.25) is 9.80 Å². The number of hydrogen-bond acceptors (Lipinski definition) is 5. The van der Waals surface area contributed by atoms with Crippen LogP contribution in [0.4, 0.5) is 28.0 Å². The summed E-state index contributed by atoms with van der Waals surface area (Å²) in [5.74, 6) is -0.518. The maximum atomic E-state index is 15.1. The van der Waals surface area contributed by atoms with Crippen molar-refractivity contribution in [2.75, 3.05) is 57.9 Å². The quantitative estimate of drug-likeness (QED) is 0.393. The van der Waals surface area contributed by atoms with Crippen molar-refractivity contribution < 1.29 is 36.6 Å². The number of methoxy groups -OCH3 is 1. The van der Waals surface area contributed by atoms with Gasteiger partial charge in [0, 0.05) is 64.5 Å². The molecule has 2 aromatic rings. The number of alkyl halides is 4. The van der Waals surface area contributed by atoms with Gasteiger partial charge in [-0.25, -0.2) is 14.0 Å². The third-order valence-corrected chi connectivity index (χ3v) is 6.97. The number of urea groups is 1. The lowest BCUT2D eigenvalue weighted by atomic mass is 9.95. The zero-order chi connectivity index (χ0) is 27.3. The molecule has 11 heteroatoms. The summed E-state index contributed by atoms with van der Waals surface area (Å²) in [5.41, 5.74) is -1.12. The van der Waals surface area contributed by atoms with Gasteiger partial charge in [-0.1, -0.05) is 18.2 Å². The Morgan fingerprint density at radius 1 is 1.03 bits per heavy atom. The Labute approximate surface area is 218 Å². The molecule has 2 aliphatic rings. The normalized spacial score (nSPS) is 18.2. The van der Waals surface area contributed by atoms with Crippen LogP contribution in [0.15, 0.2) is 48.5 Å². The van der Waals surface area contributed by atoms with Crippen molar-refractivity contribution in [2.24, 2.45) is 0 Å². The Bertz CT molecular complexity index is 1110.